The third-order valence-corrected chi connectivity index (χ3v) is 4.26. The van der Waals surface area contributed by atoms with Gasteiger partial charge in [-0.3, -0.25) is 4.99 Å². The summed E-state index contributed by atoms with van der Waals surface area (Å²) in [6, 6.07) is 11.1. The molecule has 2 aromatic carbocycles. The van der Waals surface area contributed by atoms with E-state index in [2.05, 4.69) is 10.3 Å². The topological polar surface area (TPSA) is 59.6 Å². The Morgan fingerprint density at radius 3 is 2.28 bits per heavy atom. The van der Waals surface area contributed by atoms with Crippen molar-refractivity contribution in [3.8, 4) is 5.75 Å². The zero-order chi connectivity index (χ0) is 17.2. The summed E-state index contributed by atoms with van der Waals surface area (Å²) in [5, 5.41) is 2.96. The van der Waals surface area contributed by atoms with E-state index in [1.165, 1.54) is 18.2 Å². The lowest BCUT2D eigenvalue weighted by Crippen LogP contribution is -2.25. The number of guanidine groups is 1. The molecule has 0 atom stereocenters. The van der Waals surface area contributed by atoms with Crippen LogP contribution in [0, 0.1) is 11.6 Å². The number of hydrogen-bond donors (Lipinski definition) is 2. The van der Waals surface area contributed by atoms with Gasteiger partial charge in [-0.2, -0.15) is 0 Å². The van der Waals surface area contributed by atoms with E-state index in [0.717, 1.165) is 11.4 Å². The van der Waals surface area contributed by atoms with Crippen molar-refractivity contribution in [2.75, 3.05) is 19.0 Å². The lowest BCUT2D eigenvalue weighted by atomic mass is 9.95. The molecule has 0 spiro atoms. The molecular weight excluding hydrogens is 439 g/mol. The van der Waals surface area contributed by atoms with Crippen LogP contribution in [0.25, 0.3) is 0 Å². The molecule has 1 aliphatic carbocycles. The Balaban J connectivity index is 0.00000225. The Labute approximate surface area is 162 Å². The summed E-state index contributed by atoms with van der Waals surface area (Å²) in [5.74, 6) is -0.0972. The summed E-state index contributed by atoms with van der Waals surface area (Å²) in [6.45, 7) is 0.250. The van der Waals surface area contributed by atoms with Crippen LogP contribution in [0.1, 0.15) is 18.4 Å². The highest BCUT2D eigenvalue weighted by Gasteiger charge is 2.47. The van der Waals surface area contributed by atoms with E-state index in [1.54, 1.807) is 19.2 Å². The highest BCUT2D eigenvalue weighted by molar-refractivity contribution is 14.0. The molecular formula is C18H20F2IN3O. The van der Waals surface area contributed by atoms with Crippen molar-refractivity contribution in [1.82, 2.24) is 0 Å². The number of nitrogens with zero attached hydrogens (tertiary/aromatic N) is 1. The van der Waals surface area contributed by atoms with Gasteiger partial charge < -0.3 is 15.8 Å². The first-order chi connectivity index (χ1) is 11.5. The van der Waals surface area contributed by atoms with Crippen molar-refractivity contribution in [2.45, 2.75) is 18.3 Å². The van der Waals surface area contributed by atoms with E-state index in [4.69, 9.17) is 10.5 Å². The van der Waals surface area contributed by atoms with Gasteiger partial charge in [0.25, 0.3) is 0 Å². The van der Waals surface area contributed by atoms with Crippen molar-refractivity contribution in [2.24, 2.45) is 10.7 Å². The maximum absolute atomic E-state index is 14.0. The Morgan fingerprint density at radius 2 is 1.76 bits per heavy atom. The second kappa shape index (κ2) is 7.99. The first kappa shape index (κ1) is 19.4. The summed E-state index contributed by atoms with van der Waals surface area (Å²) in [7, 11) is 1.59. The van der Waals surface area contributed by atoms with Crippen LogP contribution in [0.2, 0.25) is 0 Å². The first-order valence-electron chi connectivity index (χ1n) is 7.69. The molecule has 4 nitrogen and oxygen atoms in total. The molecule has 1 fully saturated rings. The highest BCUT2D eigenvalue weighted by atomic mass is 127. The molecule has 0 heterocycles. The third-order valence-electron chi connectivity index (χ3n) is 4.26. The highest BCUT2D eigenvalue weighted by Crippen LogP contribution is 2.50. The van der Waals surface area contributed by atoms with Gasteiger partial charge in [0, 0.05) is 16.7 Å². The van der Waals surface area contributed by atoms with E-state index < -0.39 is 17.0 Å². The molecule has 1 aliphatic rings. The van der Waals surface area contributed by atoms with Crippen molar-refractivity contribution in [1.29, 1.82) is 0 Å². The van der Waals surface area contributed by atoms with E-state index in [9.17, 15) is 8.78 Å². The first-order valence-corrected chi connectivity index (χ1v) is 7.69. The molecule has 3 rings (SSSR count). The molecule has 3 N–H and O–H groups in total. The molecule has 1 saturated carbocycles. The number of rotatable bonds is 5. The van der Waals surface area contributed by atoms with Gasteiger partial charge in [0.05, 0.1) is 13.7 Å². The Morgan fingerprint density at radius 1 is 1.16 bits per heavy atom. The van der Waals surface area contributed by atoms with Gasteiger partial charge >= 0.3 is 0 Å². The molecule has 0 amide bonds. The molecule has 0 saturated heterocycles. The van der Waals surface area contributed by atoms with Crippen molar-refractivity contribution in [3.63, 3.8) is 0 Å². The van der Waals surface area contributed by atoms with Gasteiger partial charge in [-0.15, -0.1) is 24.0 Å². The number of aliphatic imine (C=N–C) groups is 1. The number of benzene rings is 2. The maximum atomic E-state index is 14.0. The fourth-order valence-electron chi connectivity index (χ4n) is 2.74. The number of methoxy groups -OCH3 is 1. The van der Waals surface area contributed by atoms with E-state index >= 15 is 0 Å². The number of hydrogen-bond acceptors (Lipinski definition) is 2. The molecule has 2 aromatic rings. The largest absolute Gasteiger partial charge is 0.497 e. The van der Waals surface area contributed by atoms with Crippen molar-refractivity contribution in [3.05, 3.63) is 59.7 Å². The summed E-state index contributed by atoms with van der Waals surface area (Å²) in [6.07, 6.45) is 1.40. The smallest absolute Gasteiger partial charge is 0.193 e. The minimum absolute atomic E-state index is 0. The molecule has 7 heteroatoms. The van der Waals surface area contributed by atoms with Crippen molar-refractivity contribution < 1.29 is 13.5 Å². The average Bonchev–Trinajstić information content (AvgIpc) is 3.34. The summed E-state index contributed by atoms with van der Waals surface area (Å²) < 4.78 is 33.0. The van der Waals surface area contributed by atoms with Crippen LogP contribution in [-0.4, -0.2) is 19.6 Å². The summed E-state index contributed by atoms with van der Waals surface area (Å²) in [5.41, 5.74) is 6.18. The normalized spacial score (nSPS) is 15.2. The molecule has 0 aliphatic heterocycles. The fourth-order valence-corrected chi connectivity index (χ4v) is 2.74. The van der Waals surface area contributed by atoms with Crippen LogP contribution in [0.3, 0.4) is 0 Å². The van der Waals surface area contributed by atoms with Gasteiger partial charge in [0.1, 0.15) is 17.4 Å². The third kappa shape index (κ3) is 4.39. The number of anilines is 1. The van der Waals surface area contributed by atoms with E-state index in [-0.39, 0.29) is 42.0 Å². The van der Waals surface area contributed by atoms with E-state index in [1.807, 2.05) is 12.1 Å². The predicted octanol–water partition coefficient (Wildman–Crippen LogP) is 4.05. The van der Waals surface area contributed by atoms with Crippen LogP contribution in [0.4, 0.5) is 14.5 Å². The van der Waals surface area contributed by atoms with Gasteiger partial charge in [0.15, 0.2) is 5.96 Å². The summed E-state index contributed by atoms with van der Waals surface area (Å²) in [4.78, 5) is 4.27. The number of nitrogens with one attached hydrogen (secondary N) is 1. The predicted molar refractivity (Wildman–Crippen MR) is 106 cm³/mol. The fraction of sp³-hybridized carbons (Fsp3) is 0.278. The molecule has 0 radical (unpaired) electrons. The molecule has 25 heavy (non-hydrogen) atoms. The van der Waals surface area contributed by atoms with Crippen LogP contribution >= 0.6 is 24.0 Å². The molecule has 134 valence electrons. The standard InChI is InChI=1S/C18H19F2N3O.HI/c1-24-13-7-5-12(6-8-13)23-17(21)22-11-18(9-10-18)16-14(19)3-2-4-15(16)20;/h2-8H,9-11H2,1H3,(H3,21,22,23);1H. The molecule has 0 bridgehead atoms. The number of halogens is 3. The van der Waals surface area contributed by atoms with Gasteiger partial charge in [-0.1, -0.05) is 6.07 Å². The number of ether oxygens (including phenoxy) is 1. The lowest BCUT2D eigenvalue weighted by molar-refractivity contribution is 0.415. The zero-order valence-electron chi connectivity index (χ0n) is 13.8. The van der Waals surface area contributed by atoms with Crippen LogP contribution < -0.4 is 15.8 Å². The van der Waals surface area contributed by atoms with Gasteiger partial charge in [0.2, 0.25) is 0 Å². The number of nitrogens with two attached hydrogens (primary N) is 1. The van der Waals surface area contributed by atoms with Gasteiger partial charge in [-0.05, 0) is 49.2 Å². The Bertz CT molecular complexity index is 741. The molecule has 0 unspecified atom stereocenters. The van der Waals surface area contributed by atoms with Crippen molar-refractivity contribution >= 4 is 35.6 Å². The quantitative estimate of drug-likeness (QED) is 0.403. The van der Waals surface area contributed by atoms with Crippen LogP contribution in [0.15, 0.2) is 47.5 Å². The second-order valence-electron chi connectivity index (χ2n) is 5.93. The second-order valence-corrected chi connectivity index (χ2v) is 5.93. The minimum atomic E-state index is -0.582. The minimum Gasteiger partial charge on any atom is -0.497 e. The molecule has 0 aromatic heterocycles. The average molecular weight is 459 g/mol. The SMILES string of the molecule is COc1ccc(NC(N)=NCC2(c3c(F)cccc3F)CC2)cc1.I. The maximum Gasteiger partial charge on any atom is 0.193 e. The van der Waals surface area contributed by atoms with Gasteiger partial charge in [-0.25, -0.2) is 8.78 Å². The zero-order valence-corrected chi connectivity index (χ0v) is 16.1. The van der Waals surface area contributed by atoms with Crippen LogP contribution in [0.5, 0.6) is 5.75 Å². The Kier molecular flexibility index (Phi) is 6.21. The van der Waals surface area contributed by atoms with Crippen LogP contribution in [-0.2, 0) is 5.41 Å². The summed E-state index contributed by atoms with van der Waals surface area (Å²) >= 11 is 0. The monoisotopic (exact) mass is 459 g/mol. The lowest BCUT2D eigenvalue weighted by Gasteiger charge is -2.15. The Hall–Kier alpha value is -1.90. The van der Waals surface area contributed by atoms with E-state index in [0.29, 0.717) is 12.8 Å².